The normalized spacial score (nSPS) is 22.0. The highest BCUT2D eigenvalue weighted by Crippen LogP contribution is 2.40. The molecule has 1 saturated carbocycles. The number of amides is 1. The summed E-state index contributed by atoms with van der Waals surface area (Å²) in [6.45, 7) is 1.01. The van der Waals surface area contributed by atoms with Crippen LogP contribution in [-0.4, -0.2) is 41.2 Å². The monoisotopic (exact) mass is 283 g/mol. The lowest BCUT2D eigenvalue weighted by molar-refractivity contribution is -0.134. The highest BCUT2D eigenvalue weighted by atomic mass is 19.3. The van der Waals surface area contributed by atoms with E-state index in [0.29, 0.717) is 18.8 Å². The van der Waals surface area contributed by atoms with Gasteiger partial charge < -0.3 is 14.7 Å². The van der Waals surface area contributed by atoms with Crippen LogP contribution >= 0.6 is 0 Å². The Morgan fingerprint density at radius 3 is 2.35 bits per heavy atom. The Kier molecular flexibility index (Phi) is 3.03. The molecule has 0 unspecified atom stereocenters. The molecule has 1 N–H and O–H groups in total. The smallest absolute Gasteiger partial charge is 0.407 e. The van der Waals surface area contributed by atoms with Crippen LogP contribution < -0.4 is 4.74 Å². The molecule has 1 saturated heterocycles. The fourth-order valence-electron chi connectivity index (χ4n) is 2.55. The van der Waals surface area contributed by atoms with Gasteiger partial charge >= 0.3 is 6.09 Å². The molecule has 6 heteroatoms. The summed E-state index contributed by atoms with van der Waals surface area (Å²) in [4.78, 5) is 12.0. The molecule has 2 aliphatic rings. The van der Waals surface area contributed by atoms with Gasteiger partial charge in [0.05, 0.1) is 0 Å². The number of rotatable bonds is 3. The van der Waals surface area contributed by atoms with Gasteiger partial charge in [0.15, 0.2) is 0 Å². The molecule has 0 bridgehead atoms. The van der Waals surface area contributed by atoms with E-state index in [-0.39, 0.29) is 18.8 Å². The molecule has 0 aromatic heterocycles. The maximum Gasteiger partial charge on any atom is 0.407 e. The van der Waals surface area contributed by atoms with Crippen LogP contribution in [0.5, 0.6) is 5.75 Å². The lowest BCUT2D eigenvalue weighted by Gasteiger charge is -2.37. The fraction of sp³-hybridized carbons (Fsp3) is 0.500. The molecule has 3 rings (SSSR count). The largest absolute Gasteiger partial charge is 0.490 e. The molecule has 108 valence electrons. The maximum atomic E-state index is 12.7. The molecule has 1 amide bonds. The highest BCUT2D eigenvalue weighted by Gasteiger charge is 2.47. The number of alkyl halides is 2. The fourth-order valence-corrected chi connectivity index (χ4v) is 2.55. The summed E-state index contributed by atoms with van der Waals surface area (Å²) < 4.78 is 30.8. The summed E-state index contributed by atoms with van der Waals surface area (Å²) in [7, 11) is 0. The lowest BCUT2D eigenvalue weighted by Crippen LogP contribution is -2.47. The number of hydrogen-bond acceptors (Lipinski definition) is 2. The number of hydrogen-bond donors (Lipinski definition) is 1. The van der Waals surface area contributed by atoms with Gasteiger partial charge in [-0.3, -0.25) is 0 Å². The summed E-state index contributed by atoms with van der Waals surface area (Å²) in [5.74, 6) is -1.77. The molecule has 1 aromatic carbocycles. The third kappa shape index (κ3) is 2.55. The highest BCUT2D eigenvalue weighted by molar-refractivity contribution is 5.66. The van der Waals surface area contributed by atoms with E-state index in [9.17, 15) is 13.6 Å². The van der Waals surface area contributed by atoms with Crippen LogP contribution in [0, 0.1) is 0 Å². The van der Waals surface area contributed by atoms with Crippen LogP contribution in [0.4, 0.5) is 13.6 Å². The van der Waals surface area contributed by atoms with Crippen molar-refractivity contribution in [1.82, 2.24) is 4.90 Å². The molecule has 1 aliphatic heterocycles. The van der Waals surface area contributed by atoms with Crippen molar-refractivity contribution < 1.29 is 23.4 Å². The van der Waals surface area contributed by atoms with Crippen molar-refractivity contribution in [3.63, 3.8) is 0 Å². The first-order valence-corrected chi connectivity index (χ1v) is 6.55. The zero-order valence-corrected chi connectivity index (χ0v) is 10.8. The first kappa shape index (κ1) is 13.1. The van der Waals surface area contributed by atoms with Gasteiger partial charge in [0, 0.05) is 31.8 Å². The van der Waals surface area contributed by atoms with E-state index < -0.39 is 18.1 Å². The van der Waals surface area contributed by atoms with Crippen molar-refractivity contribution in [3.05, 3.63) is 29.8 Å². The molecular formula is C14H15F2NO3. The topological polar surface area (TPSA) is 49.8 Å². The van der Waals surface area contributed by atoms with Crippen molar-refractivity contribution in [2.75, 3.05) is 13.1 Å². The second-order valence-electron chi connectivity index (χ2n) is 5.46. The van der Waals surface area contributed by atoms with E-state index >= 15 is 0 Å². The SMILES string of the molecule is O=C(O)N1CC(c2ccc(OC3CC(F)(F)C3)cc2)C1. The van der Waals surface area contributed by atoms with Gasteiger partial charge in [-0.1, -0.05) is 12.1 Å². The van der Waals surface area contributed by atoms with E-state index in [0.717, 1.165) is 5.56 Å². The molecular weight excluding hydrogens is 268 g/mol. The Balaban J connectivity index is 1.52. The molecule has 0 atom stereocenters. The van der Waals surface area contributed by atoms with Gasteiger partial charge in [0.25, 0.3) is 5.92 Å². The van der Waals surface area contributed by atoms with Crippen molar-refractivity contribution in [2.24, 2.45) is 0 Å². The van der Waals surface area contributed by atoms with Gasteiger partial charge in [-0.25, -0.2) is 13.6 Å². The van der Waals surface area contributed by atoms with Crippen LogP contribution in [0.15, 0.2) is 24.3 Å². The van der Waals surface area contributed by atoms with Crippen LogP contribution in [0.2, 0.25) is 0 Å². The Morgan fingerprint density at radius 2 is 1.85 bits per heavy atom. The number of likely N-dealkylation sites (tertiary alicyclic amines) is 1. The Labute approximate surface area is 114 Å². The molecule has 4 nitrogen and oxygen atoms in total. The Morgan fingerprint density at radius 1 is 1.25 bits per heavy atom. The third-order valence-electron chi connectivity index (χ3n) is 3.86. The van der Waals surface area contributed by atoms with Crippen LogP contribution in [0.25, 0.3) is 0 Å². The molecule has 1 heterocycles. The first-order chi connectivity index (χ1) is 9.43. The number of benzene rings is 1. The number of halogens is 2. The predicted octanol–water partition coefficient (Wildman–Crippen LogP) is 2.94. The number of carboxylic acid groups (broad SMARTS) is 1. The van der Waals surface area contributed by atoms with Gasteiger partial charge in [-0.2, -0.15) is 0 Å². The van der Waals surface area contributed by atoms with Crippen LogP contribution in [0.1, 0.15) is 24.3 Å². The second kappa shape index (κ2) is 4.61. The minimum absolute atomic E-state index is 0.216. The molecule has 2 fully saturated rings. The summed E-state index contributed by atoms with van der Waals surface area (Å²) in [6, 6.07) is 7.26. The lowest BCUT2D eigenvalue weighted by atomic mass is 9.90. The molecule has 1 aliphatic carbocycles. The van der Waals surface area contributed by atoms with E-state index in [1.165, 1.54) is 4.90 Å². The van der Waals surface area contributed by atoms with E-state index in [1.54, 1.807) is 12.1 Å². The van der Waals surface area contributed by atoms with Crippen molar-refractivity contribution >= 4 is 6.09 Å². The summed E-state index contributed by atoms with van der Waals surface area (Å²) in [6.07, 6.45) is -1.73. The second-order valence-corrected chi connectivity index (χ2v) is 5.46. The van der Waals surface area contributed by atoms with Crippen molar-refractivity contribution in [1.29, 1.82) is 0 Å². The minimum atomic E-state index is -2.57. The van der Waals surface area contributed by atoms with E-state index in [1.807, 2.05) is 12.1 Å². The van der Waals surface area contributed by atoms with Gasteiger partial charge in [-0.15, -0.1) is 0 Å². The molecule has 20 heavy (non-hydrogen) atoms. The zero-order chi connectivity index (χ0) is 14.3. The van der Waals surface area contributed by atoms with Gasteiger partial charge in [0.2, 0.25) is 0 Å². The molecule has 0 spiro atoms. The van der Waals surface area contributed by atoms with Crippen LogP contribution in [0.3, 0.4) is 0 Å². The van der Waals surface area contributed by atoms with Crippen molar-refractivity contribution in [3.8, 4) is 5.75 Å². The average molecular weight is 283 g/mol. The summed E-state index contributed by atoms with van der Waals surface area (Å²) >= 11 is 0. The maximum absolute atomic E-state index is 12.7. The Hall–Kier alpha value is -1.85. The molecule has 0 radical (unpaired) electrons. The average Bonchev–Trinajstić information content (AvgIpc) is 2.26. The van der Waals surface area contributed by atoms with Gasteiger partial charge in [-0.05, 0) is 17.7 Å². The number of nitrogens with zero attached hydrogens (tertiary/aromatic N) is 1. The standard InChI is InChI=1S/C14H15F2NO3/c15-14(16)5-12(6-14)20-11-3-1-9(2-4-11)10-7-17(8-10)13(18)19/h1-4,10,12H,5-8H2,(H,18,19). The predicted molar refractivity (Wildman–Crippen MR) is 67.4 cm³/mol. The van der Waals surface area contributed by atoms with E-state index in [4.69, 9.17) is 9.84 Å². The first-order valence-electron chi connectivity index (χ1n) is 6.55. The van der Waals surface area contributed by atoms with Crippen LogP contribution in [-0.2, 0) is 0 Å². The van der Waals surface area contributed by atoms with Gasteiger partial charge in [0.1, 0.15) is 11.9 Å². The summed E-state index contributed by atoms with van der Waals surface area (Å²) in [5, 5.41) is 8.76. The Bertz CT molecular complexity index is 504. The quantitative estimate of drug-likeness (QED) is 0.928. The van der Waals surface area contributed by atoms with E-state index in [2.05, 4.69) is 0 Å². The summed E-state index contributed by atoms with van der Waals surface area (Å²) in [5.41, 5.74) is 1.05. The molecule has 1 aromatic rings. The number of carbonyl (C=O) groups is 1. The van der Waals surface area contributed by atoms with Crippen molar-refractivity contribution in [2.45, 2.75) is 30.8 Å². The zero-order valence-electron chi connectivity index (χ0n) is 10.8. The minimum Gasteiger partial charge on any atom is -0.490 e. The third-order valence-corrected chi connectivity index (χ3v) is 3.86. The number of ether oxygens (including phenoxy) is 1.